The molecule has 0 radical (unpaired) electrons. The molecule has 0 aliphatic heterocycles. The molecule has 4 rings (SSSR count). The Morgan fingerprint density at radius 1 is 1.09 bits per heavy atom. The summed E-state index contributed by atoms with van der Waals surface area (Å²) in [7, 11) is 0. The van der Waals surface area contributed by atoms with Crippen molar-refractivity contribution in [1.82, 2.24) is 15.3 Å². The number of nitrogens with one attached hydrogen (secondary N) is 2. The summed E-state index contributed by atoms with van der Waals surface area (Å²) in [6.07, 6.45) is 5.80. The molecule has 1 aliphatic carbocycles. The summed E-state index contributed by atoms with van der Waals surface area (Å²) in [5.74, 6) is -1.39. The largest absolute Gasteiger partial charge is 0.451 e. The maximum Gasteiger partial charge on any atom is 0.350 e. The molecule has 170 valence electrons. The first kappa shape index (κ1) is 22.6. The van der Waals surface area contributed by atoms with Crippen LogP contribution in [0.4, 0.5) is 5.69 Å². The maximum absolute atomic E-state index is 12.7. The number of amides is 2. The second-order valence-corrected chi connectivity index (χ2v) is 8.77. The topological polar surface area (TPSA) is 110 Å². The SMILES string of the molecule is Cc1nc(-c2ccccn2)sc1C(=O)OCC(=O)Nc1ccccc1C(=O)NC1CCCC1. The van der Waals surface area contributed by atoms with E-state index in [2.05, 4.69) is 20.6 Å². The highest BCUT2D eigenvalue weighted by Gasteiger charge is 2.22. The van der Waals surface area contributed by atoms with Gasteiger partial charge in [-0.3, -0.25) is 14.6 Å². The van der Waals surface area contributed by atoms with Gasteiger partial charge in [-0.1, -0.05) is 31.0 Å². The number of thiazole rings is 1. The lowest BCUT2D eigenvalue weighted by Crippen LogP contribution is -2.33. The molecule has 1 aliphatic rings. The molecule has 2 amide bonds. The highest BCUT2D eigenvalue weighted by atomic mass is 32.1. The first-order chi connectivity index (χ1) is 16.0. The predicted octanol–water partition coefficient (Wildman–Crippen LogP) is 3.98. The molecule has 0 bridgehead atoms. The minimum absolute atomic E-state index is 0.167. The summed E-state index contributed by atoms with van der Waals surface area (Å²) < 4.78 is 5.20. The van der Waals surface area contributed by atoms with Crippen LogP contribution in [0.3, 0.4) is 0 Å². The minimum atomic E-state index is -0.630. The van der Waals surface area contributed by atoms with E-state index in [1.165, 1.54) is 0 Å². The Hall–Kier alpha value is -3.59. The van der Waals surface area contributed by atoms with Crippen LogP contribution in [0.15, 0.2) is 48.7 Å². The molecule has 2 heterocycles. The number of benzene rings is 1. The number of aromatic nitrogens is 2. The molecule has 0 unspecified atom stereocenters. The molecule has 33 heavy (non-hydrogen) atoms. The van der Waals surface area contributed by atoms with Crippen LogP contribution in [0.5, 0.6) is 0 Å². The van der Waals surface area contributed by atoms with Gasteiger partial charge in [0.2, 0.25) is 0 Å². The van der Waals surface area contributed by atoms with Crippen LogP contribution >= 0.6 is 11.3 Å². The lowest BCUT2D eigenvalue weighted by Gasteiger charge is -2.15. The Bertz CT molecular complexity index is 1160. The van der Waals surface area contributed by atoms with Gasteiger partial charge in [0.05, 0.1) is 22.6 Å². The summed E-state index contributed by atoms with van der Waals surface area (Å²) in [5, 5.41) is 6.29. The van der Waals surface area contributed by atoms with Crippen molar-refractivity contribution in [2.75, 3.05) is 11.9 Å². The zero-order valence-electron chi connectivity index (χ0n) is 18.2. The van der Waals surface area contributed by atoms with Crippen LogP contribution < -0.4 is 10.6 Å². The molecule has 9 heteroatoms. The molecular formula is C24H24N4O4S. The number of rotatable bonds is 7. The molecule has 0 atom stereocenters. The van der Waals surface area contributed by atoms with Crippen molar-refractivity contribution in [3.05, 3.63) is 64.8 Å². The number of pyridine rings is 1. The summed E-state index contributed by atoms with van der Waals surface area (Å²) in [4.78, 5) is 46.5. The fourth-order valence-corrected chi connectivity index (χ4v) is 4.63. The highest BCUT2D eigenvalue weighted by molar-refractivity contribution is 7.17. The lowest BCUT2D eigenvalue weighted by atomic mass is 10.1. The number of aryl methyl sites for hydroxylation is 1. The zero-order valence-corrected chi connectivity index (χ0v) is 19.0. The summed E-state index contributed by atoms with van der Waals surface area (Å²) in [6.45, 7) is 1.23. The van der Waals surface area contributed by atoms with Gasteiger partial charge in [-0.05, 0) is 44.0 Å². The van der Waals surface area contributed by atoms with Gasteiger partial charge in [0, 0.05) is 12.2 Å². The Morgan fingerprint density at radius 2 is 1.85 bits per heavy atom. The van der Waals surface area contributed by atoms with Crippen molar-refractivity contribution < 1.29 is 19.1 Å². The third-order valence-electron chi connectivity index (χ3n) is 5.34. The number of nitrogens with zero attached hydrogens (tertiary/aromatic N) is 2. The summed E-state index contributed by atoms with van der Waals surface area (Å²) >= 11 is 1.16. The number of para-hydroxylation sites is 1. The molecule has 1 aromatic carbocycles. The number of hydrogen-bond donors (Lipinski definition) is 2. The van der Waals surface area contributed by atoms with Crippen LogP contribution in [0.25, 0.3) is 10.7 Å². The van der Waals surface area contributed by atoms with Gasteiger partial charge in [0.15, 0.2) is 6.61 Å². The molecule has 2 aromatic heterocycles. The van der Waals surface area contributed by atoms with Gasteiger partial charge in [-0.25, -0.2) is 9.78 Å². The van der Waals surface area contributed by atoms with E-state index in [0.29, 0.717) is 32.5 Å². The van der Waals surface area contributed by atoms with Gasteiger partial charge in [0.1, 0.15) is 9.88 Å². The van der Waals surface area contributed by atoms with Crippen molar-refractivity contribution in [2.24, 2.45) is 0 Å². The maximum atomic E-state index is 12.7. The average molecular weight is 465 g/mol. The van der Waals surface area contributed by atoms with E-state index in [-0.39, 0.29) is 11.9 Å². The Kier molecular flexibility index (Phi) is 7.09. The number of hydrogen-bond acceptors (Lipinski definition) is 7. The summed E-state index contributed by atoms with van der Waals surface area (Å²) in [5.41, 5.74) is 1.93. The Balaban J connectivity index is 1.36. The number of ether oxygens (including phenoxy) is 1. The van der Waals surface area contributed by atoms with Gasteiger partial charge < -0.3 is 15.4 Å². The van der Waals surface area contributed by atoms with Crippen molar-refractivity contribution in [2.45, 2.75) is 38.6 Å². The van der Waals surface area contributed by atoms with E-state index < -0.39 is 18.5 Å². The average Bonchev–Trinajstić information content (AvgIpc) is 3.48. The number of carbonyl (C=O) groups is 3. The second-order valence-electron chi connectivity index (χ2n) is 7.77. The molecule has 1 saturated carbocycles. The quantitative estimate of drug-likeness (QED) is 0.512. The van der Waals surface area contributed by atoms with Gasteiger partial charge in [0.25, 0.3) is 11.8 Å². The van der Waals surface area contributed by atoms with Crippen LogP contribution in [0.1, 0.15) is 51.4 Å². The van der Waals surface area contributed by atoms with E-state index in [0.717, 1.165) is 37.0 Å². The van der Waals surface area contributed by atoms with E-state index in [9.17, 15) is 14.4 Å². The van der Waals surface area contributed by atoms with Gasteiger partial charge in [-0.15, -0.1) is 11.3 Å². The first-order valence-electron chi connectivity index (χ1n) is 10.8. The Labute approximate surface area is 195 Å². The van der Waals surface area contributed by atoms with Crippen molar-refractivity contribution in [3.63, 3.8) is 0 Å². The lowest BCUT2D eigenvalue weighted by molar-refractivity contribution is -0.119. The van der Waals surface area contributed by atoms with Crippen LogP contribution in [0, 0.1) is 6.92 Å². The number of carbonyl (C=O) groups excluding carboxylic acids is 3. The van der Waals surface area contributed by atoms with Crippen molar-refractivity contribution >= 4 is 34.8 Å². The van der Waals surface area contributed by atoms with E-state index >= 15 is 0 Å². The smallest absolute Gasteiger partial charge is 0.350 e. The molecular weight excluding hydrogens is 440 g/mol. The molecule has 0 saturated heterocycles. The normalized spacial score (nSPS) is 13.5. The zero-order chi connectivity index (χ0) is 23.2. The standard InChI is InChI=1S/C24H24N4O4S/c1-15-21(33-23(26-15)19-12-6-7-13-25-19)24(31)32-14-20(29)28-18-11-5-4-10-17(18)22(30)27-16-8-2-3-9-16/h4-7,10-13,16H,2-3,8-9,14H2,1H3,(H,27,30)(H,28,29). The van der Waals surface area contributed by atoms with Crippen LogP contribution in [-0.4, -0.2) is 40.4 Å². The molecule has 1 fully saturated rings. The molecule has 2 N–H and O–H groups in total. The van der Waals surface area contributed by atoms with Crippen molar-refractivity contribution in [1.29, 1.82) is 0 Å². The minimum Gasteiger partial charge on any atom is -0.451 e. The monoisotopic (exact) mass is 464 g/mol. The van der Waals surface area contributed by atoms with Crippen LogP contribution in [-0.2, 0) is 9.53 Å². The number of esters is 1. The molecule has 0 spiro atoms. The van der Waals surface area contributed by atoms with E-state index in [1.807, 2.05) is 6.07 Å². The number of anilines is 1. The Morgan fingerprint density at radius 3 is 2.61 bits per heavy atom. The molecule has 8 nitrogen and oxygen atoms in total. The summed E-state index contributed by atoms with van der Waals surface area (Å²) in [6, 6.07) is 12.4. The van der Waals surface area contributed by atoms with Crippen LogP contribution in [0.2, 0.25) is 0 Å². The first-order valence-corrected chi connectivity index (χ1v) is 11.6. The van der Waals surface area contributed by atoms with Gasteiger partial charge in [-0.2, -0.15) is 0 Å². The third-order valence-corrected chi connectivity index (χ3v) is 6.50. The molecule has 3 aromatic rings. The second kappa shape index (κ2) is 10.4. The van der Waals surface area contributed by atoms with E-state index in [4.69, 9.17) is 4.74 Å². The fraction of sp³-hybridized carbons (Fsp3) is 0.292. The highest BCUT2D eigenvalue weighted by Crippen LogP contribution is 2.27. The van der Waals surface area contributed by atoms with Crippen molar-refractivity contribution in [3.8, 4) is 10.7 Å². The van der Waals surface area contributed by atoms with E-state index in [1.54, 1.807) is 49.5 Å². The predicted molar refractivity (Wildman–Crippen MR) is 125 cm³/mol. The van der Waals surface area contributed by atoms with Gasteiger partial charge >= 0.3 is 5.97 Å². The fourth-order valence-electron chi connectivity index (χ4n) is 3.69. The third kappa shape index (κ3) is 5.61.